The van der Waals surface area contributed by atoms with Gasteiger partial charge in [0.1, 0.15) is 11.6 Å². The van der Waals surface area contributed by atoms with E-state index in [1.165, 1.54) is 30.1 Å². The van der Waals surface area contributed by atoms with Crippen LogP contribution in [0, 0.1) is 17.6 Å². The molecule has 0 spiro atoms. The van der Waals surface area contributed by atoms with Crippen molar-refractivity contribution in [3.63, 3.8) is 0 Å². The number of nitrogens with one attached hydrogen (secondary N) is 1. The van der Waals surface area contributed by atoms with Gasteiger partial charge in [0.25, 0.3) is 0 Å². The van der Waals surface area contributed by atoms with Crippen LogP contribution in [0.4, 0.5) is 8.78 Å². The van der Waals surface area contributed by atoms with Crippen molar-refractivity contribution in [3.8, 4) is 0 Å². The van der Waals surface area contributed by atoms with Crippen LogP contribution in [0.3, 0.4) is 0 Å². The lowest BCUT2D eigenvalue weighted by Crippen LogP contribution is -2.22. The summed E-state index contributed by atoms with van der Waals surface area (Å²) in [5.74, 6) is 2.37. The van der Waals surface area contributed by atoms with E-state index in [1.54, 1.807) is 0 Å². The van der Waals surface area contributed by atoms with Crippen molar-refractivity contribution in [1.82, 2.24) is 5.32 Å². The molecule has 1 heterocycles. The lowest BCUT2D eigenvalue weighted by Gasteiger charge is -2.10. The van der Waals surface area contributed by atoms with E-state index < -0.39 is 0 Å². The number of hydrogen-bond acceptors (Lipinski definition) is 2. The summed E-state index contributed by atoms with van der Waals surface area (Å²) in [6.07, 6.45) is 1.23. The SMILES string of the molecule is Fc1ccc(F)c(CNCC2CCSC2)c1. The van der Waals surface area contributed by atoms with Crippen molar-refractivity contribution in [2.45, 2.75) is 13.0 Å². The molecule has 1 aromatic carbocycles. The number of hydrogen-bond donors (Lipinski definition) is 1. The average Bonchev–Trinajstić information content (AvgIpc) is 2.76. The van der Waals surface area contributed by atoms with Crippen LogP contribution in [0.25, 0.3) is 0 Å². The summed E-state index contributed by atoms with van der Waals surface area (Å²) in [6.45, 7) is 1.30. The molecule has 1 fully saturated rings. The zero-order valence-electron chi connectivity index (χ0n) is 9.01. The van der Waals surface area contributed by atoms with Crippen LogP contribution in [0.2, 0.25) is 0 Å². The number of halogens is 2. The minimum Gasteiger partial charge on any atom is -0.312 e. The smallest absolute Gasteiger partial charge is 0.127 e. The van der Waals surface area contributed by atoms with E-state index >= 15 is 0 Å². The second kappa shape index (κ2) is 5.64. The van der Waals surface area contributed by atoms with Gasteiger partial charge < -0.3 is 5.32 Å². The van der Waals surface area contributed by atoms with Crippen LogP contribution in [-0.4, -0.2) is 18.1 Å². The molecule has 0 saturated carbocycles. The minimum atomic E-state index is -0.380. The fourth-order valence-corrected chi connectivity index (χ4v) is 3.12. The molecule has 1 unspecified atom stereocenters. The second-order valence-corrected chi connectivity index (χ2v) is 5.25. The molecule has 0 radical (unpaired) electrons. The molecule has 16 heavy (non-hydrogen) atoms. The highest BCUT2D eigenvalue weighted by atomic mass is 32.2. The highest BCUT2D eigenvalue weighted by Gasteiger charge is 2.14. The topological polar surface area (TPSA) is 12.0 Å². The lowest BCUT2D eigenvalue weighted by atomic mass is 10.1. The summed E-state index contributed by atoms with van der Waals surface area (Å²) in [6, 6.07) is 3.58. The first kappa shape index (κ1) is 11.9. The highest BCUT2D eigenvalue weighted by molar-refractivity contribution is 7.99. The molecular formula is C12H15F2NS. The summed E-state index contributed by atoms with van der Waals surface area (Å²) < 4.78 is 26.1. The average molecular weight is 243 g/mol. The predicted molar refractivity (Wildman–Crippen MR) is 63.5 cm³/mol. The number of benzene rings is 1. The van der Waals surface area contributed by atoms with E-state index in [1.807, 2.05) is 11.8 Å². The third-order valence-corrected chi connectivity index (χ3v) is 4.01. The van der Waals surface area contributed by atoms with Gasteiger partial charge in [-0.15, -0.1) is 0 Å². The van der Waals surface area contributed by atoms with E-state index in [2.05, 4.69) is 5.32 Å². The summed E-state index contributed by atoms with van der Waals surface area (Å²) in [4.78, 5) is 0. The van der Waals surface area contributed by atoms with E-state index in [0.717, 1.165) is 12.6 Å². The van der Waals surface area contributed by atoms with Gasteiger partial charge >= 0.3 is 0 Å². The third kappa shape index (κ3) is 3.19. The maximum Gasteiger partial charge on any atom is 0.127 e. The molecule has 1 N–H and O–H groups in total. The molecule has 0 aromatic heterocycles. The monoisotopic (exact) mass is 243 g/mol. The van der Waals surface area contributed by atoms with Crippen LogP contribution >= 0.6 is 11.8 Å². The van der Waals surface area contributed by atoms with Gasteiger partial charge in [-0.3, -0.25) is 0 Å². The fraction of sp³-hybridized carbons (Fsp3) is 0.500. The summed E-state index contributed by atoms with van der Waals surface area (Å²) >= 11 is 1.96. The molecule has 0 aliphatic carbocycles. The lowest BCUT2D eigenvalue weighted by molar-refractivity contribution is 0.509. The zero-order chi connectivity index (χ0) is 11.4. The molecule has 4 heteroatoms. The van der Waals surface area contributed by atoms with Gasteiger partial charge in [-0.05, 0) is 48.6 Å². The van der Waals surface area contributed by atoms with E-state index in [-0.39, 0.29) is 11.6 Å². The van der Waals surface area contributed by atoms with Crippen molar-refractivity contribution in [3.05, 3.63) is 35.4 Å². The molecule has 1 nitrogen and oxygen atoms in total. The van der Waals surface area contributed by atoms with E-state index in [0.29, 0.717) is 18.0 Å². The van der Waals surface area contributed by atoms with E-state index in [4.69, 9.17) is 0 Å². The Kier molecular flexibility index (Phi) is 4.18. The van der Waals surface area contributed by atoms with Crippen LogP contribution in [-0.2, 0) is 6.54 Å². The predicted octanol–water partition coefficient (Wildman–Crippen LogP) is 2.81. The normalized spacial score (nSPS) is 20.2. The second-order valence-electron chi connectivity index (χ2n) is 4.10. The van der Waals surface area contributed by atoms with Gasteiger partial charge in [0, 0.05) is 12.1 Å². The zero-order valence-corrected chi connectivity index (χ0v) is 9.83. The Morgan fingerprint density at radius 1 is 1.38 bits per heavy atom. The van der Waals surface area contributed by atoms with Crippen LogP contribution in [0.1, 0.15) is 12.0 Å². The van der Waals surface area contributed by atoms with Crippen molar-refractivity contribution in [2.75, 3.05) is 18.1 Å². The molecule has 0 amide bonds. The molecule has 1 aliphatic heterocycles. The Balaban J connectivity index is 1.82. The third-order valence-electron chi connectivity index (χ3n) is 2.78. The number of thioether (sulfide) groups is 1. The molecule has 1 saturated heterocycles. The van der Waals surface area contributed by atoms with Crippen molar-refractivity contribution < 1.29 is 8.78 Å². The molecule has 88 valence electrons. The van der Waals surface area contributed by atoms with Gasteiger partial charge in [0.15, 0.2) is 0 Å². The van der Waals surface area contributed by atoms with Gasteiger partial charge in [-0.1, -0.05) is 0 Å². The first-order chi connectivity index (χ1) is 7.75. The Hall–Kier alpha value is -0.610. The maximum absolute atomic E-state index is 13.3. The quantitative estimate of drug-likeness (QED) is 0.872. The van der Waals surface area contributed by atoms with Gasteiger partial charge in [0.05, 0.1) is 0 Å². The fourth-order valence-electron chi connectivity index (χ4n) is 1.83. The molecular weight excluding hydrogens is 228 g/mol. The molecule has 2 rings (SSSR count). The largest absolute Gasteiger partial charge is 0.312 e. The molecule has 1 atom stereocenters. The Morgan fingerprint density at radius 2 is 2.25 bits per heavy atom. The number of rotatable bonds is 4. The molecule has 0 bridgehead atoms. The van der Waals surface area contributed by atoms with Crippen LogP contribution < -0.4 is 5.32 Å². The van der Waals surface area contributed by atoms with Crippen LogP contribution in [0.15, 0.2) is 18.2 Å². The van der Waals surface area contributed by atoms with Gasteiger partial charge in [0.2, 0.25) is 0 Å². The van der Waals surface area contributed by atoms with Gasteiger partial charge in [-0.25, -0.2) is 8.78 Å². The Labute approximate surface area is 98.6 Å². The first-order valence-corrected chi connectivity index (χ1v) is 6.63. The first-order valence-electron chi connectivity index (χ1n) is 5.48. The minimum absolute atomic E-state index is 0.338. The van der Waals surface area contributed by atoms with Crippen molar-refractivity contribution in [1.29, 1.82) is 0 Å². The maximum atomic E-state index is 13.3. The van der Waals surface area contributed by atoms with Gasteiger partial charge in [-0.2, -0.15) is 11.8 Å². The van der Waals surface area contributed by atoms with Crippen molar-refractivity contribution >= 4 is 11.8 Å². The summed E-state index contributed by atoms with van der Waals surface area (Å²) in [5.41, 5.74) is 0.408. The molecule has 1 aliphatic rings. The Bertz CT molecular complexity index is 351. The summed E-state index contributed by atoms with van der Waals surface area (Å²) in [7, 11) is 0. The van der Waals surface area contributed by atoms with Crippen LogP contribution in [0.5, 0.6) is 0 Å². The Morgan fingerprint density at radius 3 is 3.00 bits per heavy atom. The summed E-state index contributed by atoms with van der Waals surface area (Å²) in [5, 5.41) is 3.19. The molecule has 1 aromatic rings. The highest BCUT2D eigenvalue weighted by Crippen LogP contribution is 2.22. The van der Waals surface area contributed by atoms with Crippen molar-refractivity contribution in [2.24, 2.45) is 5.92 Å². The van der Waals surface area contributed by atoms with E-state index in [9.17, 15) is 8.78 Å². The standard InChI is InChI=1S/C12H15F2NS/c13-11-1-2-12(14)10(5-11)7-15-6-9-3-4-16-8-9/h1-2,5,9,15H,3-4,6-8H2.